The predicted molar refractivity (Wildman–Crippen MR) is 141 cm³/mol. The third-order valence-electron chi connectivity index (χ3n) is 5.21. The van der Waals surface area contributed by atoms with Gasteiger partial charge in [-0.05, 0) is 55.5 Å². The molecule has 0 unspecified atom stereocenters. The van der Waals surface area contributed by atoms with Crippen molar-refractivity contribution in [1.82, 2.24) is 24.7 Å². The maximum atomic E-state index is 13.1. The Morgan fingerprint density at radius 3 is 2.75 bits per heavy atom. The molecule has 36 heavy (non-hydrogen) atoms. The number of nitrogens with zero attached hydrogens (tertiary/aromatic N) is 4. The molecule has 4 aromatic heterocycles. The van der Waals surface area contributed by atoms with Gasteiger partial charge in [0.25, 0.3) is 5.91 Å². The highest BCUT2D eigenvalue weighted by Crippen LogP contribution is 2.33. The van der Waals surface area contributed by atoms with Gasteiger partial charge in [-0.25, -0.2) is 23.4 Å². The normalized spacial score (nSPS) is 11.6. The van der Waals surface area contributed by atoms with Gasteiger partial charge in [-0.2, -0.15) is 0 Å². The fraction of sp³-hybridized carbons (Fsp3) is 0.0833. The first-order valence-electron chi connectivity index (χ1n) is 10.6. The van der Waals surface area contributed by atoms with Crippen molar-refractivity contribution >= 4 is 54.2 Å². The molecule has 4 heterocycles. The summed E-state index contributed by atoms with van der Waals surface area (Å²) < 4.78 is 28.0. The highest BCUT2D eigenvalue weighted by atomic mass is 35.5. The second-order valence-electron chi connectivity index (χ2n) is 7.67. The molecule has 1 N–H and O–H groups in total. The zero-order valence-corrected chi connectivity index (χ0v) is 22.0. The zero-order valence-electron chi connectivity index (χ0n) is 18.8. The Hall–Kier alpha value is -3.25. The topological polar surface area (TPSA) is 106 Å². The number of hydrogen-bond acceptors (Lipinski definition) is 8. The number of fused-ring (bicyclic) bond motifs is 1. The number of amides is 1. The van der Waals surface area contributed by atoms with Crippen LogP contribution in [0.3, 0.4) is 0 Å². The molecule has 0 fully saturated rings. The summed E-state index contributed by atoms with van der Waals surface area (Å²) in [6.07, 6.45) is 3.42. The maximum Gasteiger partial charge on any atom is 0.251 e. The highest BCUT2D eigenvalue weighted by molar-refractivity contribution is 8.72. The minimum absolute atomic E-state index is 0.113. The van der Waals surface area contributed by atoms with E-state index in [9.17, 15) is 13.2 Å². The van der Waals surface area contributed by atoms with Crippen LogP contribution in [0.4, 0.5) is 0 Å². The van der Waals surface area contributed by atoms with Crippen LogP contribution >= 0.6 is 33.7 Å². The summed E-state index contributed by atoms with van der Waals surface area (Å²) in [4.78, 5) is 26.3. The van der Waals surface area contributed by atoms with E-state index in [1.807, 2.05) is 35.7 Å². The van der Waals surface area contributed by atoms with Gasteiger partial charge >= 0.3 is 0 Å². The average molecular weight is 556 g/mol. The number of benzene rings is 1. The van der Waals surface area contributed by atoms with Crippen molar-refractivity contribution in [3.63, 3.8) is 0 Å². The van der Waals surface area contributed by atoms with Gasteiger partial charge in [0, 0.05) is 33.2 Å². The van der Waals surface area contributed by atoms with Crippen molar-refractivity contribution in [2.75, 3.05) is 0 Å². The van der Waals surface area contributed by atoms with Crippen LogP contribution in [-0.4, -0.2) is 33.7 Å². The second-order valence-corrected chi connectivity index (χ2v) is 12.8. The summed E-state index contributed by atoms with van der Waals surface area (Å²) in [7, 11) is -3.19. The number of imidazole rings is 1. The molecule has 5 aromatic rings. The smallest absolute Gasteiger partial charge is 0.251 e. The Balaban J connectivity index is 1.31. The molecule has 8 nitrogen and oxygen atoms in total. The largest absolute Gasteiger partial charge is 0.347 e. The van der Waals surface area contributed by atoms with E-state index in [-0.39, 0.29) is 22.5 Å². The number of halogens is 1. The molecule has 0 radical (unpaired) electrons. The quantitative estimate of drug-likeness (QED) is 0.216. The van der Waals surface area contributed by atoms with Crippen LogP contribution in [-0.2, 0) is 15.4 Å². The van der Waals surface area contributed by atoms with Crippen LogP contribution in [0.5, 0.6) is 0 Å². The van der Waals surface area contributed by atoms with Crippen LogP contribution < -0.4 is 5.32 Å². The Bertz CT molecular complexity index is 1680. The summed E-state index contributed by atoms with van der Waals surface area (Å²) in [5.74, 6) is -0.272. The number of aromatic nitrogens is 4. The Kier molecular flexibility index (Phi) is 6.80. The SMILES string of the molecule is Cc1nc2ccccn2c1-c1ccnc(SS(=O)(=O)c2csc(CNC(=O)c3ccc(Cl)cc3)c2)n1. The minimum atomic E-state index is -3.77. The number of carbonyl (C=O) groups is 1. The summed E-state index contributed by atoms with van der Waals surface area (Å²) >= 11 is 7.11. The summed E-state index contributed by atoms with van der Waals surface area (Å²) in [6.45, 7) is 2.08. The number of hydrogen-bond donors (Lipinski definition) is 1. The van der Waals surface area contributed by atoms with Crippen molar-refractivity contribution in [3.8, 4) is 11.4 Å². The van der Waals surface area contributed by atoms with E-state index in [4.69, 9.17) is 11.6 Å². The molecular weight excluding hydrogens is 538 g/mol. The van der Waals surface area contributed by atoms with E-state index in [0.717, 1.165) is 17.0 Å². The lowest BCUT2D eigenvalue weighted by Gasteiger charge is -2.05. The first-order chi connectivity index (χ1) is 17.3. The van der Waals surface area contributed by atoms with Crippen molar-refractivity contribution in [2.45, 2.75) is 23.5 Å². The van der Waals surface area contributed by atoms with E-state index < -0.39 is 8.87 Å². The van der Waals surface area contributed by atoms with Gasteiger partial charge in [0.15, 0.2) is 0 Å². The van der Waals surface area contributed by atoms with Gasteiger partial charge in [0.05, 0.1) is 39.3 Å². The van der Waals surface area contributed by atoms with Crippen molar-refractivity contribution in [1.29, 1.82) is 0 Å². The highest BCUT2D eigenvalue weighted by Gasteiger charge is 2.22. The third-order valence-corrected chi connectivity index (χ3v) is 9.61. The molecule has 0 saturated carbocycles. The average Bonchev–Trinajstić information content (AvgIpc) is 3.47. The Morgan fingerprint density at radius 2 is 1.94 bits per heavy atom. The molecule has 5 rings (SSSR count). The van der Waals surface area contributed by atoms with Gasteiger partial charge in [0.2, 0.25) is 14.0 Å². The standard InChI is InChI=1S/C24H18ClN5O3S3/c1-15-22(30-11-3-2-4-21(30)28-15)20-9-10-26-24(29-20)35-36(32,33)19-12-18(34-14-19)13-27-23(31)16-5-7-17(25)8-6-16/h2-12,14H,13H2,1H3,(H,27,31). The van der Waals surface area contributed by atoms with E-state index in [1.165, 1.54) is 17.5 Å². The number of pyridine rings is 1. The first kappa shape index (κ1) is 24.4. The molecule has 12 heteroatoms. The monoisotopic (exact) mass is 555 g/mol. The van der Waals surface area contributed by atoms with E-state index in [0.29, 0.717) is 32.0 Å². The maximum absolute atomic E-state index is 13.1. The number of carbonyl (C=O) groups excluding carboxylic acids is 1. The molecule has 0 aliphatic carbocycles. The van der Waals surface area contributed by atoms with Gasteiger partial charge in [-0.3, -0.25) is 9.20 Å². The van der Waals surface area contributed by atoms with Gasteiger partial charge < -0.3 is 5.32 Å². The molecule has 1 aromatic carbocycles. The summed E-state index contributed by atoms with van der Waals surface area (Å²) in [5, 5.41) is 4.99. The minimum Gasteiger partial charge on any atom is -0.347 e. The molecule has 1 amide bonds. The van der Waals surface area contributed by atoms with Crippen LogP contribution in [0.25, 0.3) is 17.0 Å². The van der Waals surface area contributed by atoms with Crippen molar-refractivity contribution < 1.29 is 13.2 Å². The van der Waals surface area contributed by atoms with Crippen LogP contribution in [0.15, 0.2) is 82.4 Å². The van der Waals surface area contributed by atoms with Crippen molar-refractivity contribution in [2.24, 2.45) is 0 Å². The van der Waals surface area contributed by atoms with E-state index in [2.05, 4.69) is 20.3 Å². The van der Waals surface area contributed by atoms with Crippen LogP contribution in [0.1, 0.15) is 20.9 Å². The lowest BCUT2D eigenvalue weighted by Crippen LogP contribution is -2.22. The molecule has 0 bridgehead atoms. The lowest BCUT2D eigenvalue weighted by atomic mass is 10.2. The molecule has 0 saturated heterocycles. The zero-order chi connectivity index (χ0) is 25.3. The number of thiophene rings is 1. The number of nitrogens with one attached hydrogen (secondary N) is 1. The molecule has 0 atom stereocenters. The molecule has 182 valence electrons. The van der Waals surface area contributed by atoms with Crippen molar-refractivity contribution in [3.05, 3.63) is 93.5 Å². The third kappa shape index (κ3) is 5.14. The number of aryl methyl sites for hydroxylation is 1. The summed E-state index contributed by atoms with van der Waals surface area (Å²) in [5.41, 5.74) is 3.38. The van der Waals surface area contributed by atoms with E-state index in [1.54, 1.807) is 41.8 Å². The Labute approximate surface area is 219 Å². The second kappa shape index (κ2) is 10.0. The van der Waals surface area contributed by atoms with E-state index >= 15 is 0 Å². The molecule has 0 spiro atoms. The Morgan fingerprint density at radius 1 is 1.14 bits per heavy atom. The van der Waals surface area contributed by atoms with Crippen LogP contribution in [0, 0.1) is 6.92 Å². The predicted octanol–water partition coefficient (Wildman–Crippen LogP) is 5.23. The van der Waals surface area contributed by atoms with Gasteiger partial charge in [-0.15, -0.1) is 11.3 Å². The molecule has 0 aliphatic rings. The fourth-order valence-corrected chi connectivity index (χ4v) is 7.47. The summed E-state index contributed by atoms with van der Waals surface area (Å²) in [6, 6.07) is 15.5. The van der Waals surface area contributed by atoms with Gasteiger partial charge in [0.1, 0.15) is 5.65 Å². The lowest BCUT2D eigenvalue weighted by molar-refractivity contribution is 0.0951. The van der Waals surface area contributed by atoms with Crippen LogP contribution in [0.2, 0.25) is 5.02 Å². The molecular formula is C24H18ClN5O3S3. The number of rotatable bonds is 7. The van der Waals surface area contributed by atoms with Gasteiger partial charge in [-0.1, -0.05) is 17.7 Å². The fourth-order valence-electron chi connectivity index (χ4n) is 3.54. The first-order valence-corrected chi connectivity index (χ1v) is 14.7. The molecule has 0 aliphatic heterocycles.